The fourth-order valence-electron chi connectivity index (χ4n) is 4.75. The van der Waals surface area contributed by atoms with E-state index in [2.05, 4.69) is 13.8 Å². The van der Waals surface area contributed by atoms with Gasteiger partial charge in [-0.25, -0.2) is 0 Å². The summed E-state index contributed by atoms with van der Waals surface area (Å²) in [6, 6.07) is 2.00. The minimum atomic E-state index is -3.67. The fraction of sp³-hybridized carbons (Fsp3) is 1.00. The maximum Gasteiger partial charge on any atom is 0.261 e. The van der Waals surface area contributed by atoms with Crippen LogP contribution in [0, 0.1) is 0 Å². The second-order valence-corrected chi connectivity index (χ2v) is 8.52. The highest BCUT2D eigenvalue weighted by atomic mass is 32.2. The topological polar surface area (TPSA) is 54.4 Å². The molecule has 0 heterocycles. The molecule has 2 rings (SSSR count). The third-order valence-electron chi connectivity index (χ3n) is 5.78. The van der Waals surface area contributed by atoms with Crippen LogP contribution in [0.25, 0.3) is 0 Å². The standard InChI is InChI=1S/C16H32N.CH4O3S/c1-3-17(4-2,15-11-7-5-8-12-15)16-13-9-6-10-14-16;1-5(2,3)4/h15-16H,3-14H2,1-2H3;1H3,(H,2,3,4)/q+1;. The Kier molecular flexibility index (Phi) is 8.36. The van der Waals surface area contributed by atoms with Crippen molar-refractivity contribution in [2.24, 2.45) is 0 Å². The molecule has 0 aromatic rings. The Hall–Kier alpha value is -0.130. The second-order valence-electron chi connectivity index (χ2n) is 7.05. The van der Waals surface area contributed by atoms with E-state index in [4.69, 9.17) is 4.55 Å². The van der Waals surface area contributed by atoms with Gasteiger partial charge in [0.1, 0.15) is 0 Å². The van der Waals surface area contributed by atoms with Gasteiger partial charge in [-0.1, -0.05) is 12.8 Å². The lowest BCUT2D eigenvalue weighted by Crippen LogP contribution is -2.62. The van der Waals surface area contributed by atoms with Crippen LogP contribution >= 0.6 is 0 Å². The van der Waals surface area contributed by atoms with E-state index in [-0.39, 0.29) is 0 Å². The summed E-state index contributed by atoms with van der Waals surface area (Å²) < 4.78 is 27.3. The van der Waals surface area contributed by atoms with Gasteiger partial charge in [0.15, 0.2) is 0 Å². The molecule has 2 aliphatic rings. The van der Waals surface area contributed by atoms with Gasteiger partial charge in [0.25, 0.3) is 10.1 Å². The molecule has 0 aromatic heterocycles. The Morgan fingerprint density at radius 3 is 1.32 bits per heavy atom. The number of hydrogen-bond donors (Lipinski definition) is 1. The highest BCUT2D eigenvalue weighted by Gasteiger charge is 2.41. The van der Waals surface area contributed by atoms with Crippen LogP contribution in [0.3, 0.4) is 0 Å². The van der Waals surface area contributed by atoms with Crippen molar-refractivity contribution in [1.29, 1.82) is 0 Å². The first kappa shape index (κ1) is 19.9. The van der Waals surface area contributed by atoms with Crippen molar-refractivity contribution in [3.8, 4) is 0 Å². The van der Waals surface area contributed by atoms with Crippen LogP contribution in [0.4, 0.5) is 0 Å². The monoisotopic (exact) mass is 334 g/mol. The predicted molar refractivity (Wildman–Crippen MR) is 92.6 cm³/mol. The van der Waals surface area contributed by atoms with Crippen molar-refractivity contribution in [2.45, 2.75) is 90.1 Å². The first-order valence-corrected chi connectivity index (χ1v) is 11.0. The zero-order valence-corrected chi connectivity index (χ0v) is 15.6. The molecule has 0 radical (unpaired) electrons. The van der Waals surface area contributed by atoms with Crippen molar-refractivity contribution in [3.05, 3.63) is 0 Å². The average molecular weight is 335 g/mol. The Bertz CT molecular complexity index is 364. The lowest BCUT2D eigenvalue weighted by Gasteiger charge is -2.51. The molecule has 0 spiro atoms. The number of nitrogens with zero attached hydrogens (tertiary/aromatic N) is 1. The molecule has 4 nitrogen and oxygen atoms in total. The van der Waals surface area contributed by atoms with E-state index >= 15 is 0 Å². The van der Waals surface area contributed by atoms with Crippen LogP contribution in [-0.2, 0) is 10.1 Å². The van der Waals surface area contributed by atoms with Crippen molar-refractivity contribution in [3.63, 3.8) is 0 Å². The molecule has 5 heteroatoms. The van der Waals surface area contributed by atoms with Crippen molar-refractivity contribution >= 4 is 10.1 Å². The Balaban J connectivity index is 0.000000422. The van der Waals surface area contributed by atoms with E-state index in [0.717, 1.165) is 12.1 Å². The molecular formula is C17H36NO3S+. The Morgan fingerprint density at radius 2 is 1.09 bits per heavy atom. The van der Waals surface area contributed by atoms with Gasteiger partial charge >= 0.3 is 0 Å². The maximum absolute atomic E-state index is 9.19. The van der Waals surface area contributed by atoms with E-state index < -0.39 is 10.1 Å². The second kappa shape index (κ2) is 9.24. The molecule has 2 aliphatic carbocycles. The quantitative estimate of drug-likeness (QED) is 0.624. The lowest BCUT2D eigenvalue weighted by molar-refractivity contribution is -0.972. The van der Waals surface area contributed by atoms with Crippen LogP contribution in [0.5, 0.6) is 0 Å². The molecule has 0 amide bonds. The van der Waals surface area contributed by atoms with Gasteiger partial charge in [-0.15, -0.1) is 0 Å². The van der Waals surface area contributed by atoms with E-state index in [1.807, 2.05) is 0 Å². The predicted octanol–water partition coefficient (Wildman–Crippen LogP) is 4.01. The van der Waals surface area contributed by atoms with Gasteiger partial charge in [-0.3, -0.25) is 4.55 Å². The smallest absolute Gasteiger partial charge is 0.261 e. The van der Waals surface area contributed by atoms with E-state index in [0.29, 0.717) is 6.26 Å². The van der Waals surface area contributed by atoms with E-state index in [1.54, 1.807) is 0 Å². The first-order chi connectivity index (χ1) is 10.3. The molecule has 0 atom stereocenters. The molecule has 0 saturated heterocycles. The van der Waals surface area contributed by atoms with Gasteiger partial charge in [0.2, 0.25) is 0 Å². The molecule has 0 aliphatic heterocycles. The van der Waals surface area contributed by atoms with Crippen molar-refractivity contribution in [1.82, 2.24) is 0 Å². The Labute approximate surface area is 137 Å². The van der Waals surface area contributed by atoms with Gasteiger partial charge in [0, 0.05) is 0 Å². The summed E-state index contributed by atoms with van der Waals surface area (Å²) in [6.45, 7) is 7.66. The van der Waals surface area contributed by atoms with Crippen LogP contribution in [0.15, 0.2) is 0 Å². The molecule has 2 saturated carbocycles. The average Bonchev–Trinajstić information content (AvgIpc) is 2.50. The van der Waals surface area contributed by atoms with E-state index in [9.17, 15) is 8.42 Å². The lowest BCUT2D eigenvalue weighted by atomic mass is 9.85. The highest BCUT2D eigenvalue weighted by molar-refractivity contribution is 7.85. The highest BCUT2D eigenvalue weighted by Crippen LogP contribution is 2.36. The summed E-state index contributed by atoms with van der Waals surface area (Å²) in [7, 11) is -3.67. The minimum absolute atomic E-state index is 0.715. The SMILES string of the molecule is CC[N+](CC)(C1CCCCC1)C1CCCCC1.CS(=O)(=O)O. The summed E-state index contributed by atoms with van der Waals surface area (Å²) in [5, 5.41) is 0. The molecule has 0 aromatic carbocycles. The molecule has 0 unspecified atom stereocenters. The number of quaternary nitrogens is 1. The maximum atomic E-state index is 9.19. The van der Waals surface area contributed by atoms with Gasteiger partial charge in [-0.2, -0.15) is 8.42 Å². The largest absolute Gasteiger partial charge is 0.319 e. The van der Waals surface area contributed by atoms with E-state index in [1.165, 1.54) is 81.8 Å². The molecule has 0 bridgehead atoms. The fourth-order valence-corrected chi connectivity index (χ4v) is 4.75. The minimum Gasteiger partial charge on any atom is -0.319 e. The van der Waals surface area contributed by atoms with Crippen LogP contribution in [-0.4, -0.2) is 48.9 Å². The van der Waals surface area contributed by atoms with Gasteiger partial charge < -0.3 is 4.48 Å². The zero-order valence-electron chi connectivity index (χ0n) is 14.8. The zero-order chi connectivity index (χ0) is 16.6. The molecular weight excluding hydrogens is 298 g/mol. The summed E-state index contributed by atoms with van der Waals surface area (Å²) in [6.07, 6.45) is 15.7. The van der Waals surface area contributed by atoms with Crippen molar-refractivity contribution < 1.29 is 17.5 Å². The third-order valence-corrected chi connectivity index (χ3v) is 5.78. The van der Waals surface area contributed by atoms with Gasteiger partial charge in [0.05, 0.1) is 31.4 Å². The summed E-state index contributed by atoms with van der Waals surface area (Å²) >= 11 is 0. The first-order valence-electron chi connectivity index (χ1n) is 9.12. The van der Waals surface area contributed by atoms with Crippen LogP contribution < -0.4 is 0 Å². The Morgan fingerprint density at radius 1 is 0.818 bits per heavy atom. The van der Waals surface area contributed by atoms with Gasteiger partial charge in [-0.05, 0) is 65.2 Å². The van der Waals surface area contributed by atoms with Crippen molar-refractivity contribution in [2.75, 3.05) is 19.3 Å². The number of rotatable bonds is 4. The summed E-state index contributed by atoms with van der Waals surface area (Å²) in [5.74, 6) is 0. The molecule has 2 fully saturated rings. The van der Waals surface area contributed by atoms with Crippen LogP contribution in [0.2, 0.25) is 0 Å². The summed E-state index contributed by atoms with van der Waals surface area (Å²) in [5.41, 5.74) is 0. The number of hydrogen-bond acceptors (Lipinski definition) is 2. The van der Waals surface area contributed by atoms with Crippen LogP contribution in [0.1, 0.15) is 78.1 Å². The molecule has 1 N–H and O–H groups in total. The summed E-state index contributed by atoms with van der Waals surface area (Å²) in [4.78, 5) is 0. The molecule has 132 valence electrons. The normalized spacial score (nSPS) is 22.0. The molecule has 22 heavy (non-hydrogen) atoms. The third kappa shape index (κ3) is 6.17.